The Morgan fingerprint density at radius 1 is 0.688 bits per heavy atom. The first-order valence-electron chi connectivity index (χ1n) is 13.8. The van der Waals surface area contributed by atoms with Gasteiger partial charge in [0, 0.05) is 12.4 Å². The van der Waals surface area contributed by atoms with Crippen molar-refractivity contribution in [2.75, 3.05) is 14.2 Å². The highest BCUT2D eigenvalue weighted by Gasteiger charge is 2.35. The Hall–Kier alpha value is -5.31. The number of aryl methyl sites for hydroxylation is 1. The molecule has 0 spiro atoms. The maximum atomic E-state index is 14.2. The van der Waals surface area contributed by atoms with Crippen LogP contribution in [0.5, 0.6) is 11.5 Å². The molecule has 2 aromatic heterocycles. The molecule has 0 saturated carbocycles. The fourth-order valence-electron chi connectivity index (χ4n) is 4.99. The van der Waals surface area contributed by atoms with Gasteiger partial charge in [0.25, 0.3) is 10.0 Å². The van der Waals surface area contributed by atoms with E-state index in [1.165, 1.54) is 48.7 Å². The van der Waals surface area contributed by atoms with E-state index in [0.29, 0.717) is 28.2 Å². The summed E-state index contributed by atoms with van der Waals surface area (Å²) in [5.74, 6) is -2.81. The average molecular weight is 691 g/mol. The molecule has 0 radical (unpaired) electrons. The highest BCUT2D eigenvalue weighted by atomic mass is 32.2. The smallest absolute Gasteiger partial charge is 0.416 e. The number of hydrogen-bond donors (Lipinski definition) is 0. The molecule has 0 aliphatic carbocycles. The van der Waals surface area contributed by atoms with Crippen molar-refractivity contribution in [3.8, 4) is 17.2 Å². The van der Waals surface area contributed by atoms with Crippen LogP contribution in [0.25, 0.3) is 5.69 Å². The van der Waals surface area contributed by atoms with E-state index in [2.05, 4.69) is 0 Å². The van der Waals surface area contributed by atoms with Crippen molar-refractivity contribution in [1.29, 1.82) is 0 Å². The first-order valence-corrected chi connectivity index (χ1v) is 15.2. The number of rotatable bonds is 9. The van der Waals surface area contributed by atoms with Gasteiger partial charge in [-0.15, -0.1) is 0 Å². The zero-order chi connectivity index (χ0) is 35.2. The van der Waals surface area contributed by atoms with Crippen molar-refractivity contribution in [3.05, 3.63) is 130 Å². The molecule has 0 fully saturated rings. The van der Waals surface area contributed by atoms with Gasteiger partial charge in [-0.1, -0.05) is 17.7 Å². The van der Waals surface area contributed by atoms with Gasteiger partial charge in [-0.3, -0.25) is 9.59 Å². The first-order chi connectivity index (χ1) is 22.5. The van der Waals surface area contributed by atoms with Gasteiger partial charge >= 0.3 is 12.4 Å². The standard InChI is InChI=1S/C33H24F6N2O6S/c1-19-6-10-22(11-7-19)48(44,45)41-16-14-25(29(41)31(43)24-13-9-21(33(37,38)39)18-28(24)47-3)40-15-4-5-26(40)30(42)23-12-8-20(32(34,35)36)17-27(23)46-2/h4-18H,1-3H3. The minimum Gasteiger partial charge on any atom is -0.496 e. The number of nitrogens with zero attached hydrogens (tertiary/aromatic N) is 2. The SMILES string of the molecule is COc1cc(C(F)(F)F)ccc1C(=O)c1cccn1-c1ccn(S(=O)(=O)c2ccc(C)cc2)c1C(=O)c1ccc(C(F)(F)F)cc1OC. The third kappa shape index (κ3) is 6.20. The lowest BCUT2D eigenvalue weighted by atomic mass is 10.0. The van der Waals surface area contributed by atoms with Crippen LogP contribution in [-0.2, 0) is 22.4 Å². The zero-order valence-corrected chi connectivity index (χ0v) is 26.0. The van der Waals surface area contributed by atoms with Crippen molar-refractivity contribution in [2.24, 2.45) is 0 Å². The van der Waals surface area contributed by atoms with E-state index in [0.717, 1.165) is 42.7 Å². The molecule has 3 aromatic carbocycles. The molecule has 0 N–H and O–H groups in total. The summed E-state index contributed by atoms with van der Waals surface area (Å²) in [7, 11) is -2.41. The van der Waals surface area contributed by atoms with Gasteiger partial charge in [0.15, 0.2) is 0 Å². The minimum atomic E-state index is -4.78. The lowest BCUT2D eigenvalue weighted by Gasteiger charge is -2.17. The van der Waals surface area contributed by atoms with Crippen molar-refractivity contribution in [2.45, 2.75) is 24.2 Å². The topological polar surface area (TPSA) is 96.6 Å². The van der Waals surface area contributed by atoms with E-state index in [-0.39, 0.29) is 21.8 Å². The van der Waals surface area contributed by atoms with E-state index in [1.54, 1.807) is 6.92 Å². The van der Waals surface area contributed by atoms with Crippen molar-refractivity contribution < 1.29 is 53.8 Å². The molecule has 0 amide bonds. The van der Waals surface area contributed by atoms with Crippen LogP contribution < -0.4 is 9.47 Å². The van der Waals surface area contributed by atoms with Crippen LogP contribution in [-0.4, -0.2) is 42.7 Å². The van der Waals surface area contributed by atoms with Crippen LogP contribution in [0.15, 0.2) is 96.2 Å². The largest absolute Gasteiger partial charge is 0.496 e. The Morgan fingerprint density at radius 2 is 1.21 bits per heavy atom. The Bertz CT molecular complexity index is 2150. The molecule has 250 valence electrons. The fraction of sp³-hybridized carbons (Fsp3) is 0.152. The highest BCUT2D eigenvalue weighted by molar-refractivity contribution is 7.90. The quantitative estimate of drug-likeness (QED) is 0.119. The predicted molar refractivity (Wildman–Crippen MR) is 160 cm³/mol. The van der Waals surface area contributed by atoms with Gasteiger partial charge in [-0.05, 0) is 73.7 Å². The Balaban J connectivity index is 1.72. The van der Waals surface area contributed by atoms with E-state index >= 15 is 0 Å². The monoisotopic (exact) mass is 690 g/mol. The zero-order valence-electron chi connectivity index (χ0n) is 25.2. The molecule has 0 bridgehead atoms. The summed E-state index contributed by atoms with van der Waals surface area (Å²) in [6.07, 6.45) is -7.16. The van der Waals surface area contributed by atoms with Crippen LogP contribution in [0.3, 0.4) is 0 Å². The minimum absolute atomic E-state index is 0.183. The second-order valence-corrected chi connectivity index (χ2v) is 12.2. The summed E-state index contributed by atoms with van der Waals surface area (Å²) in [5.41, 5.74) is -3.10. The summed E-state index contributed by atoms with van der Waals surface area (Å²) in [6, 6.07) is 13.9. The van der Waals surface area contributed by atoms with Gasteiger partial charge < -0.3 is 14.0 Å². The third-order valence-electron chi connectivity index (χ3n) is 7.41. The molecule has 48 heavy (non-hydrogen) atoms. The normalized spacial score (nSPS) is 12.2. The lowest BCUT2D eigenvalue weighted by Crippen LogP contribution is -2.21. The van der Waals surface area contributed by atoms with Crippen molar-refractivity contribution >= 4 is 21.6 Å². The Labute approximate surface area is 269 Å². The van der Waals surface area contributed by atoms with E-state index in [1.807, 2.05) is 0 Å². The van der Waals surface area contributed by atoms with Gasteiger partial charge in [0.05, 0.1) is 52.8 Å². The highest BCUT2D eigenvalue weighted by Crippen LogP contribution is 2.37. The number of alkyl halides is 6. The summed E-state index contributed by atoms with van der Waals surface area (Å²) in [4.78, 5) is 27.8. The number of hydrogen-bond acceptors (Lipinski definition) is 6. The third-order valence-corrected chi connectivity index (χ3v) is 9.10. The number of ether oxygens (including phenoxy) is 2. The van der Waals surface area contributed by atoms with Crippen LogP contribution in [0.2, 0.25) is 0 Å². The van der Waals surface area contributed by atoms with Crippen LogP contribution in [0.1, 0.15) is 48.8 Å². The second kappa shape index (κ2) is 12.4. The van der Waals surface area contributed by atoms with Crippen molar-refractivity contribution in [3.63, 3.8) is 0 Å². The number of ketones is 2. The summed E-state index contributed by atoms with van der Waals surface area (Å²) >= 11 is 0. The first kappa shape index (κ1) is 34.0. The summed E-state index contributed by atoms with van der Waals surface area (Å²) in [6.45, 7) is 1.73. The Morgan fingerprint density at radius 3 is 1.71 bits per heavy atom. The maximum absolute atomic E-state index is 14.2. The molecule has 0 aliphatic heterocycles. The predicted octanol–water partition coefficient (Wildman–Crippen LogP) is 7.34. The summed E-state index contributed by atoms with van der Waals surface area (Å²) in [5, 5.41) is 0. The molecular formula is C33H24F6N2O6S. The molecule has 0 atom stereocenters. The van der Waals surface area contributed by atoms with E-state index in [9.17, 15) is 44.3 Å². The Kier molecular flexibility index (Phi) is 8.77. The number of methoxy groups -OCH3 is 2. The average Bonchev–Trinajstić information content (AvgIpc) is 3.71. The molecule has 5 rings (SSSR count). The number of aromatic nitrogens is 2. The van der Waals surface area contributed by atoms with Crippen LogP contribution >= 0.6 is 0 Å². The van der Waals surface area contributed by atoms with Crippen LogP contribution in [0, 0.1) is 6.92 Å². The number of carbonyl (C=O) groups is 2. The number of halogens is 6. The molecule has 0 aliphatic rings. The van der Waals surface area contributed by atoms with Crippen LogP contribution in [0.4, 0.5) is 26.3 Å². The van der Waals surface area contributed by atoms with Gasteiger partial charge in [0.2, 0.25) is 11.6 Å². The fourth-order valence-corrected chi connectivity index (χ4v) is 6.34. The molecule has 5 aromatic rings. The molecule has 2 heterocycles. The molecule has 0 unspecified atom stereocenters. The maximum Gasteiger partial charge on any atom is 0.416 e. The van der Waals surface area contributed by atoms with Crippen molar-refractivity contribution in [1.82, 2.24) is 8.54 Å². The van der Waals surface area contributed by atoms with E-state index < -0.39 is 67.8 Å². The molecule has 8 nitrogen and oxygen atoms in total. The lowest BCUT2D eigenvalue weighted by molar-refractivity contribution is -0.138. The molecule has 15 heteroatoms. The molecule has 0 saturated heterocycles. The number of benzene rings is 3. The summed E-state index contributed by atoms with van der Waals surface area (Å²) < 4.78 is 120. The molecular weight excluding hydrogens is 666 g/mol. The van der Waals surface area contributed by atoms with E-state index in [4.69, 9.17) is 9.47 Å². The van der Waals surface area contributed by atoms with Gasteiger partial charge in [-0.2, -0.15) is 26.3 Å². The number of carbonyl (C=O) groups excluding carboxylic acids is 2. The van der Waals surface area contributed by atoms with Gasteiger partial charge in [0.1, 0.15) is 17.2 Å². The van der Waals surface area contributed by atoms with Gasteiger partial charge in [-0.25, -0.2) is 12.4 Å². The second-order valence-electron chi connectivity index (χ2n) is 10.4.